The van der Waals surface area contributed by atoms with Gasteiger partial charge in [0.2, 0.25) is 8.32 Å². The van der Waals surface area contributed by atoms with Gasteiger partial charge in [-0.05, 0) is 67.7 Å². The minimum atomic E-state index is -4.66. The molecule has 0 amide bonds. The molecule has 3 aromatic carbocycles. The van der Waals surface area contributed by atoms with Crippen LogP contribution in [0.15, 0.2) is 72.8 Å². The van der Waals surface area contributed by atoms with E-state index in [0.29, 0.717) is 16.9 Å². The monoisotopic (exact) mass is 503 g/mol. The van der Waals surface area contributed by atoms with Crippen LogP contribution < -0.4 is 14.5 Å². The molecule has 3 aromatic rings. The summed E-state index contributed by atoms with van der Waals surface area (Å²) >= 11 is 0. The number of hydrogen-bond donors (Lipinski definition) is 0. The van der Waals surface area contributed by atoms with Crippen LogP contribution in [0.1, 0.15) is 27.5 Å². The third-order valence-electron chi connectivity index (χ3n) is 5.09. The first kappa shape index (κ1) is 26.3. The van der Waals surface area contributed by atoms with Gasteiger partial charge in [0.25, 0.3) is 0 Å². The summed E-state index contributed by atoms with van der Waals surface area (Å²) in [4.78, 5) is 13.9. The number of Topliss-reactive ketones (excluding diaryl/α,β-unsaturated/α-hetero) is 1. The molecule has 0 fully saturated rings. The molecule has 3 rings (SSSR count). The van der Waals surface area contributed by atoms with Crippen LogP contribution in [0.3, 0.4) is 0 Å². The molecule has 1 atom stereocenters. The second-order valence-electron chi connectivity index (χ2n) is 8.82. The highest BCUT2D eigenvalue weighted by Gasteiger charge is 2.38. The van der Waals surface area contributed by atoms with Gasteiger partial charge < -0.3 is 14.0 Å². The largest absolute Gasteiger partial charge is 0.497 e. The SMILES string of the molecule is COc1ccc(C(=O)C(c2ccccc2)N(O[Si](C)(C)C)c2ccc(OC)c(C(F)(F)F)c2)cc1. The lowest BCUT2D eigenvalue weighted by Crippen LogP contribution is -2.42. The van der Waals surface area contributed by atoms with Crippen molar-refractivity contribution < 1.29 is 32.0 Å². The van der Waals surface area contributed by atoms with Gasteiger partial charge in [-0.2, -0.15) is 13.2 Å². The summed E-state index contributed by atoms with van der Waals surface area (Å²) in [5.41, 5.74) is 0.0889. The Morgan fingerprint density at radius 1 is 0.886 bits per heavy atom. The molecule has 0 saturated carbocycles. The molecule has 0 heterocycles. The fourth-order valence-electron chi connectivity index (χ4n) is 3.55. The predicted octanol–water partition coefficient (Wildman–Crippen LogP) is 6.92. The minimum absolute atomic E-state index is 0.0938. The van der Waals surface area contributed by atoms with Crippen molar-refractivity contribution in [2.45, 2.75) is 31.9 Å². The lowest BCUT2D eigenvalue weighted by molar-refractivity contribution is -0.138. The van der Waals surface area contributed by atoms with Crippen molar-refractivity contribution in [1.29, 1.82) is 0 Å². The van der Waals surface area contributed by atoms with Gasteiger partial charge in [-0.25, -0.2) is 0 Å². The van der Waals surface area contributed by atoms with E-state index < -0.39 is 26.1 Å². The third-order valence-corrected chi connectivity index (χ3v) is 5.83. The van der Waals surface area contributed by atoms with E-state index in [-0.39, 0.29) is 17.2 Å². The molecule has 0 aromatic heterocycles. The van der Waals surface area contributed by atoms with Crippen LogP contribution in [0.25, 0.3) is 0 Å². The zero-order chi connectivity index (χ0) is 25.8. The fraction of sp³-hybridized carbons (Fsp3) is 0.269. The van der Waals surface area contributed by atoms with E-state index in [1.165, 1.54) is 31.4 Å². The lowest BCUT2D eigenvalue weighted by atomic mass is 9.96. The first-order valence-corrected chi connectivity index (χ1v) is 14.3. The van der Waals surface area contributed by atoms with Crippen LogP contribution in [-0.4, -0.2) is 28.3 Å². The van der Waals surface area contributed by atoms with Gasteiger partial charge in [-0.15, -0.1) is 0 Å². The van der Waals surface area contributed by atoms with Crippen LogP contribution in [0.5, 0.6) is 11.5 Å². The van der Waals surface area contributed by atoms with E-state index in [1.807, 2.05) is 19.6 Å². The first-order chi connectivity index (χ1) is 16.4. The molecule has 186 valence electrons. The quantitative estimate of drug-likeness (QED) is 0.180. The molecule has 0 saturated heterocycles. The van der Waals surface area contributed by atoms with Crippen molar-refractivity contribution in [3.05, 3.63) is 89.5 Å². The number of rotatable bonds is 9. The van der Waals surface area contributed by atoms with Gasteiger partial charge in [-0.1, -0.05) is 30.3 Å². The summed E-state index contributed by atoms with van der Waals surface area (Å²) in [6.07, 6.45) is -4.66. The van der Waals surface area contributed by atoms with E-state index >= 15 is 0 Å². The Kier molecular flexibility index (Phi) is 7.92. The number of carbonyl (C=O) groups is 1. The van der Waals surface area contributed by atoms with E-state index in [1.54, 1.807) is 54.6 Å². The van der Waals surface area contributed by atoms with Crippen molar-refractivity contribution in [2.75, 3.05) is 19.3 Å². The van der Waals surface area contributed by atoms with Gasteiger partial charge >= 0.3 is 6.18 Å². The molecule has 35 heavy (non-hydrogen) atoms. The van der Waals surface area contributed by atoms with Gasteiger partial charge in [0.05, 0.1) is 25.5 Å². The Bertz CT molecular complexity index is 1150. The molecule has 0 aliphatic heterocycles. The van der Waals surface area contributed by atoms with Crippen molar-refractivity contribution in [1.82, 2.24) is 0 Å². The number of hydroxylamine groups is 1. The maximum absolute atomic E-state index is 13.9. The Morgan fingerprint density at radius 3 is 2.03 bits per heavy atom. The van der Waals surface area contributed by atoms with Crippen LogP contribution in [0.2, 0.25) is 19.6 Å². The van der Waals surface area contributed by atoms with E-state index in [9.17, 15) is 18.0 Å². The number of anilines is 1. The summed E-state index contributed by atoms with van der Waals surface area (Å²) in [5.74, 6) is -0.0635. The summed E-state index contributed by atoms with van der Waals surface area (Å²) in [5, 5.41) is 1.31. The molecule has 0 N–H and O–H groups in total. The third kappa shape index (κ3) is 6.43. The number of ketones is 1. The normalized spacial score (nSPS) is 12.7. The number of nitrogens with zero attached hydrogens (tertiary/aromatic N) is 1. The second kappa shape index (κ2) is 10.5. The summed E-state index contributed by atoms with van der Waals surface area (Å²) in [7, 11) is 0.300. The average molecular weight is 504 g/mol. The first-order valence-electron chi connectivity index (χ1n) is 10.9. The molecule has 0 radical (unpaired) electrons. The van der Waals surface area contributed by atoms with Crippen LogP contribution >= 0.6 is 0 Å². The molecule has 5 nitrogen and oxygen atoms in total. The topological polar surface area (TPSA) is 48.0 Å². The van der Waals surface area contributed by atoms with Gasteiger partial charge in [-0.3, -0.25) is 9.86 Å². The second-order valence-corrected chi connectivity index (χ2v) is 13.2. The molecule has 0 spiro atoms. The number of hydrogen-bond acceptors (Lipinski definition) is 5. The standard InChI is InChI=1S/C26H28F3NO4Si/c1-32-21-14-11-19(12-15-21)25(31)24(18-9-7-6-8-10-18)30(34-35(3,4)5)20-13-16-23(33-2)22(17-20)26(27,28)29/h6-17,24H,1-5H3. The Balaban J connectivity index is 2.21. The molecular formula is C26H28F3NO4Si. The zero-order valence-electron chi connectivity index (χ0n) is 20.2. The van der Waals surface area contributed by atoms with Gasteiger partial charge in [0, 0.05) is 5.56 Å². The highest BCUT2D eigenvalue weighted by molar-refractivity contribution is 6.69. The molecule has 0 aliphatic carbocycles. The summed E-state index contributed by atoms with van der Waals surface area (Å²) < 4.78 is 57.9. The molecule has 0 aliphatic rings. The molecule has 1 unspecified atom stereocenters. The maximum atomic E-state index is 13.9. The highest BCUT2D eigenvalue weighted by atomic mass is 28.4. The Hall–Kier alpha value is -3.30. The van der Waals surface area contributed by atoms with Gasteiger partial charge in [0.1, 0.15) is 17.5 Å². The average Bonchev–Trinajstić information content (AvgIpc) is 2.82. The Labute approximate surface area is 204 Å². The van der Waals surface area contributed by atoms with E-state index in [4.69, 9.17) is 14.0 Å². The van der Waals surface area contributed by atoms with Gasteiger partial charge in [0.15, 0.2) is 5.78 Å². The highest BCUT2D eigenvalue weighted by Crippen LogP contribution is 2.41. The fourth-order valence-corrected chi connectivity index (χ4v) is 4.35. The number of methoxy groups -OCH3 is 2. The number of halogens is 3. The number of ether oxygens (including phenoxy) is 2. The maximum Gasteiger partial charge on any atom is 0.420 e. The number of alkyl halides is 3. The van der Waals surface area contributed by atoms with Crippen molar-refractivity contribution in [2.24, 2.45) is 0 Å². The van der Waals surface area contributed by atoms with Crippen LogP contribution in [-0.2, 0) is 10.7 Å². The molecule has 9 heteroatoms. The lowest BCUT2D eigenvalue weighted by Gasteiger charge is -2.37. The van der Waals surface area contributed by atoms with E-state index in [0.717, 1.165) is 6.07 Å². The number of benzene rings is 3. The minimum Gasteiger partial charge on any atom is -0.497 e. The van der Waals surface area contributed by atoms with Crippen LogP contribution in [0, 0.1) is 0 Å². The zero-order valence-corrected chi connectivity index (χ0v) is 21.2. The summed E-state index contributed by atoms with van der Waals surface area (Å²) in [6, 6.07) is 18.0. The van der Waals surface area contributed by atoms with E-state index in [2.05, 4.69) is 0 Å². The number of carbonyl (C=O) groups excluding carboxylic acids is 1. The summed E-state index contributed by atoms with van der Waals surface area (Å²) in [6.45, 7) is 5.69. The Morgan fingerprint density at radius 2 is 1.51 bits per heavy atom. The molecule has 0 bridgehead atoms. The van der Waals surface area contributed by atoms with Crippen molar-refractivity contribution >= 4 is 19.8 Å². The van der Waals surface area contributed by atoms with Crippen molar-refractivity contribution in [3.63, 3.8) is 0 Å². The smallest absolute Gasteiger partial charge is 0.420 e. The predicted molar refractivity (Wildman–Crippen MR) is 131 cm³/mol. The van der Waals surface area contributed by atoms with Crippen molar-refractivity contribution in [3.8, 4) is 11.5 Å². The molecular weight excluding hydrogens is 475 g/mol. The van der Waals surface area contributed by atoms with Crippen LogP contribution in [0.4, 0.5) is 18.9 Å².